The minimum atomic E-state index is -4.55. The molecule has 3 aromatic rings. The Morgan fingerprint density at radius 1 is 1.28 bits per heavy atom. The zero-order valence-corrected chi connectivity index (χ0v) is 16.8. The van der Waals surface area contributed by atoms with Gasteiger partial charge in [-0.05, 0) is 50.7 Å². The molecule has 0 unspecified atom stereocenters. The summed E-state index contributed by atoms with van der Waals surface area (Å²) in [4.78, 5) is 4.47. The minimum Gasteiger partial charge on any atom is -0.361 e. The third-order valence-corrected chi connectivity index (χ3v) is 6.77. The van der Waals surface area contributed by atoms with Gasteiger partial charge < -0.3 is 4.52 Å². The Bertz CT molecular complexity index is 1160. The lowest BCUT2D eigenvalue weighted by Gasteiger charge is -2.10. The van der Waals surface area contributed by atoms with Gasteiger partial charge in [0, 0.05) is 23.5 Å². The number of hydrogen-bond acceptors (Lipinski definition) is 5. The van der Waals surface area contributed by atoms with E-state index in [1.54, 1.807) is 26.1 Å². The molecule has 4 rings (SSSR count). The molecule has 29 heavy (non-hydrogen) atoms. The number of nitrogens with zero attached hydrogens (tertiary/aromatic N) is 3. The lowest BCUT2D eigenvalue weighted by molar-refractivity contribution is -0.129. The van der Waals surface area contributed by atoms with Crippen molar-refractivity contribution in [2.24, 2.45) is 5.92 Å². The summed E-state index contributed by atoms with van der Waals surface area (Å²) in [5.41, 5.74) is 3.45. The van der Waals surface area contributed by atoms with E-state index in [0.29, 0.717) is 40.4 Å². The maximum Gasteiger partial charge on any atom is 0.390 e. The van der Waals surface area contributed by atoms with E-state index in [-0.39, 0.29) is 5.52 Å². The minimum absolute atomic E-state index is 0.278. The molecule has 0 aromatic carbocycles. The van der Waals surface area contributed by atoms with Crippen LogP contribution in [-0.4, -0.2) is 34.5 Å². The molecule has 0 bridgehead atoms. The molecule has 3 aromatic heterocycles. The molecule has 1 aliphatic carbocycles. The fourth-order valence-corrected chi connectivity index (χ4v) is 4.94. The highest BCUT2D eigenvalue weighted by molar-refractivity contribution is 7.90. The summed E-state index contributed by atoms with van der Waals surface area (Å²) >= 11 is 0. The summed E-state index contributed by atoms with van der Waals surface area (Å²) in [6, 6.07) is 1.64. The average Bonchev–Trinajstić information content (AvgIpc) is 3.29. The number of aryl methyl sites for hydroxylation is 2. The highest BCUT2D eigenvalue weighted by Gasteiger charge is 2.32. The van der Waals surface area contributed by atoms with Gasteiger partial charge in [0.25, 0.3) is 0 Å². The van der Waals surface area contributed by atoms with Crippen LogP contribution in [0.3, 0.4) is 0 Å². The summed E-state index contributed by atoms with van der Waals surface area (Å²) in [5, 5.41) is 3.90. The Kier molecular flexibility index (Phi) is 4.71. The largest absolute Gasteiger partial charge is 0.390 e. The zero-order chi connectivity index (χ0) is 21.0. The number of halogens is 3. The number of pyridine rings is 1. The van der Waals surface area contributed by atoms with Gasteiger partial charge in [0.2, 0.25) is 10.0 Å². The van der Waals surface area contributed by atoms with Gasteiger partial charge in [0.1, 0.15) is 5.76 Å². The smallest absolute Gasteiger partial charge is 0.361 e. The normalized spacial score (nSPS) is 15.3. The van der Waals surface area contributed by atoms with Gasteiger partial charge in [-0.3, -0.25) is 4.98 Å². The third kappa shape index (κ3) is 4.03. The van der Waals surface area contributed by atoms with Crippen LogP contribution in [-0.2, 0) is 16.4 Å². The van der Waals surface area contributed by atoms with Crippen LogP contribution in [0.15, 0.2) is 23.0 Å². The molecule has 0 radical (unpaired) electrons. The van der Waals surface area contributed by atoms with Crippen molar-refractivity contribution in [1.29, 1.82) is 0 Å². The summed E-state index contributed by atoms with van der Waals surface area (Å²) in [7, 11) is -4.20. The van der Waals surface area contributed by atoms with Gasteiger partial charge in [-0.25, -0.2) is 12.4 Å². The fraction of sp³-hybridized carbons (Fsp3) is 0.474. The van der Waals surface area contributed by atoms with Crippen LogP contribution in [0.1, 0.15) is 36.3 Å². The van der Waals surface area contributed by atoms with Crippen LogP contribution in [0.2, 0.25) is 0 Å². The average molecular weight is 427 g/mol. The second-order valence-corrected chi connectivity index (χ2v) is 9.54. The highest BCUT2D eigenvalue weighted by Crippen LogP contribution is 2.37. The van der Waals surface area contributed by atoms with Crippen molar-refractivity contribution in [3.05, 3.63) is 35.5 Å². The Morgan fingerprint density at radius 2 is 2.00 bits per heavy atom. The van der Waals surface area contributed by atoms with E-state index >= 15 is 0 Å². The molecular weight excluding hydrogens is 407 g/mol. The van der Waals surface area contributed by atoms with E-state index in [1.807, 2.05) is 0 Å². The van der Waals surface area contributed by atoms with Crippen molar-refractivity contribution < 1.29 is 26.1 Å². The number of hydrogen-bond donors (Lipinski definition) is 0. The quantitative estimate of drug-likeness (QED) is 0.583. The topological polar surface area (TPSA) is 78.0 Å². The molecule has 0 amide bonds. The van der Waals surface area contributed by atoms with Gasteiger partial charge in [-0.15, -0.1) is 0 Å². The standard InChI is InChI=1S/C19H20F3N3O3S/c1-11-17(12(2)28-24-11)14-8-16-18(23-9-14)15(7-13-3-4-13)10-25(16)29(26,27)6-5-19(20,21)22/h8-10,13H,3-7H2,1-2H3. The molecule has 156 valence electrons. The van der Waals surface area contributed by atoms with Crippen LogP contribution in [0.5, 0.6) is 0 Å². The van der Waals surface area contributed by atoms with Crippen molar-refractivity contribution in [2.75, 3.05) is 5.75 Å². The van der Waals surface area contributed by atoms with Crippen LogP contribution in [0, 0.1) is 19.8 Å². The maximum absolute atomic E-state index is 12.7. The first-order valence-electron chi connectivity index (χ1n) is 9.28. The fourth-order valence-electron chi connectivity index (χ4n) is 3.53. The maximum atomic E-state index is 12.7. The summed E-state index contributed by atoms with van der Waals surface area (Å²) in [5.74, 6) is 0.00876. The monoisotopic (exact) mass is 427 g/mol. The number of aromatic nitrogens is 3. The zero-order valence-electron chi connectivity index (χ0n) is 16.0. The number of fused-ring (bicyclic) bond motifs is 1. The third-order valence-electron chi connectivity index (χ3n) is 5.15. The highest BCUT2D eigenvalue weighted by atomic mass is 32.2. The van der Waals surface area contributed by atoms with Crippen LogP contribution in [0.4, 0.5) is 13.2 Å². The van der Waals surface area contributed by atoms with E-state index in [1.165, 1.54) is 6.20 Å². The van der Waals surface area contributed by atoms with E-state index in [9.17, 15) is 21.6 Å². The number of rotatable bonds is 6. The van der Waals surface area contributed by atoms with Crippen molar-refractivity contribution in [2.45, 2.75) is 45.7 Å². The van der Waals surface area contributed by atoms with Crippen molar-refractivity contribution in [1.82, 2.24) is 14.1 Å². The SMILES string of the molecule is Cc1noc(C)c1-c1cnc2c(CC3CC3)cn(S(=O)(=O)CCC(F)(F)F)c2c1. The van der Waals surface area contributed by atoms with Gasteiger partial charge >= 0.3 is 6.18 Å². The number of alkyl halides is 3. The lowest BCUT2D eigenvalue weighted by atomic mass is 10.1. The van der Waals surface area contributed by atoms with Crippen molar-refractivity contribution in [3.63, 3.8) is 0 Å². The second-order valence-electron chi connectivity index (χ2n) is 7.57. The van der Waals surface area contributed by atoms with Crippen LogP contribution in [0.25, 0.3) is 22.2 Å². The van der Waals surface area contributed by atoms with Gasteiger partial charge in [-0.1, -0.05) is 5.16 Å². The Balaban J connectivity index is 1.84. The van der Waals surface area contributed by atoms with Crippen molar-refractivity contribution >= 4 is 21.1 Å². The molecule has 0 N–H and O–H groups in total. The molecule has 0 saturated heterocycles. The molecule has 1 fully saturated rings. The molecular formula is C19H20F3N3O3S. The van der Waals surface area contributed by atoms with Gasteiger partial charge in [-0.2, -0.15) is 13.2 Å². The second kappa shape index (κ2) is 6.86. The van der Waals surface area contributed by atoms with E-state index in [2.05, 4.69) is 10.1 Å². The summed E-state index contributed by atoms with van der Waals surface area (Å²) < 4.78 is 69.5. The Labute approximate surface area is 165 Å². The molecule has 0 spiro atoms. The summed E-state index contributed by atoms with van der Waals surface area (Å²) in [6.45, 7) is 3.49. The first-order valence-corrected chi connectivity index (χ1v) is 10.9. The van der Waals surface area contributed by atoms with Crippen LogP contribution < -0.4 is 0 Å². The first kappa shape index (κ1) is 19.9. The predicted octanol–water partition coefficient (Wildman–Crippen LogP) is 4.39. The van der Waals surface area contributed by atoms with Gasteiger partial charge in [0.15, 0.2) is 0 Å². The molecule has 10 heteroatoms. The molecule has 1 saturated carbocycles. The first-order chi connectivity index (χ1) is 13.5. The van der Waals surface area contributed by atoms with E-state index < -0.39 is 28.4 Å². The molecule has 1 aliphatic rings. The lowest BCUT2D eigenvalue weighted by Crippen LogP contribution is -2.21. The predicted molar refractivity (Wildman–Crippen MR) is 101 cm³/mol. The Morgan fingerprint density at radius 3 is 2.59 bits per heavy atom. The molecule has 3 heterocycles. The summed E-state index contributed by atoms with van der Waals surface area (Å²) in [6.07, 6.45) is -0.112. The van der Waals surface area contributed by atoms with Crippen molar-refractivity contribution in [3.8, 4) is 11.1 Å². The molecule has 0 atom stereocenters. The van der Waals surface area contributed by atoms with E-state index in [0.717, 1.165) is 22.4 Å². The Hall–Kier alpha value is -2.36. The van der Waals surface area contributed by atoms with Crippen LogP contribution >= 0.6 is 0 Å². The van der Waals surface area contributed by atoms with E-state index in [4.69, 9.17) is 4.52 Å². The van der Waals surface area contributed by atoms with Gasteiger partial charge in [0.05, 0.1) is 28.9 Å². The molecule has 0 aliphatic heterocycles. The molecule has 6 nitrogen and oxygen atoms in total.